The van der Waals surface area contributed by atoms with E-state index in [1.807, 2.05) is 0 Å². The zero-order valence-corrected chi connectivity index (χ0v) is 9.00. The quantitative estimate of drug-likeness (QED) is 0.541. The molecule has 0 aliphatic heterocycles. The number of carbonyl (C=O) groups excluding carboxylic acids is 2. The van der Waals surface area contributed by atoms with Gasteiger partial charge in [-0.3, -0.25) is 6.42 Å². The molecular weight excluding hydrogens is 324 g/mol. The minimum Gasteiger partial charge on any atom is -0.334 e. The Hall–Kier alpha value is 0.535. The van der Waals surface area contributed by atoms with Crippen molar-refractivity contribution >= 4 is 11.6 Å². The molecule has 0 atom stereocenters. The summed E-state index contributed by atoms with van der Waals surface area (Å²) >= 11 is 0. The summed E-state index contributed by atoms with van der Waals surface area (Å²) in [5.41, 5.74) is 0. The van der Waals surface area contributed by atoms with E-state index in [2.05, 4.69) is 0 Å². The van der Waals surface area contributed by atoms with Crippen LogP contribution >= 0.6 is 0 Å². The number of rotatable bonds is 2. The molecule has 0 spiro atoms. The Labute approximate surface area is 80.7 Å². The minimum atomic E-state index is -0.187. The monoisotopic (exact) mass is 331 g/mol. The van der Waals surface area contributed by atoms with Gasteiger partial charge in [-0.1, -0.05) is 0 Å². The molecule has 0 aromatic rings. The van der Waals surface area contributed by atoms with Crippen molar-refractivity contribution in [2.75, 3.05) is 0 Å². The summed E-state index contributed by atoms with van der Waals surface area (Å²) in [6.07, 6.45) is 1.06. The van der Waals surface area contributed by atoms with Crippen LogP contribution in [0.4, 0.5) is 0 Å². The molecule has 0 heterocycles. The van der Waals surface area contributed by atoms with Gasteiger partial charge in [0.25, 0.3) is 0 Å². The predicted octanol–water partition coefficient (Wildman–Crippen LogP) is 0.369. The zero-order chi connectivity index (χ0) is 5.86. The fraction of sp³-hybridized carbons (Fsp3) is 0.400. The number of carbonyl (C=O) groups is 2. The summed E-state index contributed by atoms with van der Waals surface area (Å²) in [5, 5.41) is 0. The topological polar surface area (TPSA) is 34.1 Å². The number of hydrogen-bond donors (Lipinski definition) is 0. The second kappa shape index (κ2) is 5.67. The van der Waals surface area contributed by atoms with Crippen LogP contribution in [0.1, 0.15) is 13.8 Å². The molecular formula is C5H7O2Th-. The predicted molar refractivity (Wildman–Crippen MR) is 25.7 cm³/mol. The van der Waals surface area contributed by atoms with Crippen molar-refractivity contribution < 1.29 is 49.5 Å². The number of hydrogen-bond acceptors (Lipinski definition) is 2. The summed E-state index contributed by atoms with van der Waals surface area (Å²) in [7, 11) is 0. The third-order valence-electron chi connectivity index (χ3n) is 0.407. The maximum Gasteiger partial charge on any atom is 0.00219 e. The molecule has 44 valence electrons. The molecule has 0 aliphatic carbocycles. The third kappa shape index (κ3) is 9.73. The Bertz CT molecular complexity index is 86.6. The number of Topliss-reactive ketones (excluding diaryl/α,β-unsaturated/α-hetero) is 2. The van der Waals surface area contributed by atoms with Gasteiger partial charge in [-0.2, -0.15) is 0 Å². The average molecular weight is 331 g/mol. The molecule has 0 saturated carbocycles. The van der Waals surface area contributed by atoms with Gasteiger partial charge in [0.15, 0.2) is 0 Å². The Morgan fingerprint density at radius 1 is 1.12 bits per heavy atom. The fourth-order valence-corrected chi connectivity index (χ4v) is 0.286. The van der Waals surface area contributed by atoms with Crippen LogP contribution in [0.25, 0.3) is 0 Å². The standard InChI is InChI=1S/C5H7O2.Th/c1-4(6)3-5(2)7;/h3H,1-2H3;/q-1;. The van der Waals surface area contributed by atoms with E-state index in [-0.39, 0.29) is 51.5 Å². The van der Waals surface area contributed by atoms with Crippen LogP contribution in [0.15, 0.2) is 0 Å². The van der Waals surface area contributed by atoms with E-state index in [1.54, 1.807) is 0 Å². The van der Waals surface area contributed by atoms with Gasteiger partial charge in [0.2, 0.25) is 0 Å². The Morgan fingerprint density at radius 3 is 1.38 bits per heavy atom. The van der Waals surface area contributed by atoms with Crippen LogP contribution < -0.4 is 0 Å². The molecule has 0 aliphatic rings. The van der Waals surface area contributed by atoms with Gasteiger partial charge in [-0.25, -0.2) is 0 Å². The second-order valence-corrected chi connectivity index (χ2v) is 1.37. The van der Waals surface area contributed by atoms with Crippen molar-refractivity contribution in [3.8, 4) is 0 Å². The largest absolute Gasteiger partial charge is 0.334 e. The van der Waals surface area contributed by atoms with Crippen LogP contribution in [0.3, 0.4) is 0 Å². The molecule has 0 saturated heterocycles. The van der Waals surface area contributed by atoms with Gasteiger partial charge >= 0.3 is 0 Å². The van der Waals surface area contributed by atoms with Crippen molar-refractivity contribution in [2.45, 2.75) is 13.8 Å². The minimum absolute atomic E-state index is 0. The molecule has 0 rings (SSSR count). The van der Waals surface area contributed by atoms with Gasteiger partial charge in [-0.05, 0) is 13.8 Å². The molecule has 2 nitrogen and oxygen atoms in total. The summed E-state index contributed by atoms with van der Waals surface area (Å²) in [6.45, 7) is 2.70. The van der Waals surface area contributed by atoms with E-state index in [1.165, 1.54) is 13.8 Å². The first kappa shape index (κ1) is 11.3. The van der Waals surface area contributed by atoms with Crippen molar-refractivity contribution in [2.24, 2.45) is 0 Å². The van der Waals surface area contributed by atoms with Crippen molar-refractivity contribution in [3.63, 3.8) is 0 Å². The average Bonchev–Trinajstić information content (AvgIpc) is 1.27. The molecule has 0 N–H and O–H groups in total. The Morgan fingerprint density at radius 2 is 1.38 bits per heavy atom. The van der Waals surface area contributed by atoms with E-state index in [0.717, 1.165) is 6.42 Å². The number of ketones is 2. The summed E-state index contributed by atoms with van der Waals surface area (Å²) < 4.78 is 0. The first-order chi connectivity index (χ1) is 3.13. The second-order valence-electron chi connectivity index (χ2n) is 1.37. The molecule has 0 amide bonds. The maximum atomic E-state index is 9.98. The van der Waals surface area contributed by atoms with E-state index in [0.29, 0.717) is 0 Å². The zero-order valence-electron chi connectivity index (χ0n) is 4.89. The molecule has 8 heavy (non-hydrogen) atoms. The normalized spacial score (nSPS) is 6.75. The molecule has 3 heteroatoms. The van der Waals surface area contributed by atoms with Crippen LogP contribution in [0.2, 0.25) is 0 Å². The fourth-order valence-electron chi connectivity index (χ4n) is 0.286. The maximum absolute atomic E-state index is 9.98. The first-order valence-electron chi connectivity index (χ1n) is 1.99. The van der Waals surface area contributed by atoms with Crippen molar-refractivity contribution in [3.05, 3.63) is 6.42 Å². The van der Waals surface area contributed by atoms with Crippen LogP contribution in [-0.2, 0) is 9.59 Å². The smallest absolute Gasteiger partial charge is 0.00219 e. The first-order valence-corrected chi connectivity index (χ1v) is 1.99. The molecule has 0 fully saturated rings. The Balaban J connectivity index is 0. The molecule has 0 radical (unpaired) electrons. The Kier molecular flexibility index (Phi) is 8.04. The molecule has 0 aromatic carbocycles. The molecule has 0 unspecified atom stereocenters. The summed E-state index contributed by atoms with van der Waals surface area (Å²) in [6, 6.07) is 0. The summed E-state index contributed by atoms with van der Waals surface area (Å²) in [5.74, 6) is -0.375. The molecule has 0 aromatic heterocycles. The van der Waals surface area contributed by atoms with E-state index in [4.69, 9.17) is 0 Å². The summed E-state index contributed by atoms with van der Waals surface area (Å²) in [4.78, 5) is 20.0. The van der Waals surface area contributed by atoms with Crippen molar-refractivity contribution in [1.29, 1.82) is 0 Å². The van der Waals surface area contributed by atoms with Crippen molar-refractivity contribution in [1.82, 2.24) is 0 Å². The third-order valence-corrected chi connectivity index (χ3v) is 0.407. The molecule has 0 bridgehead atoms. The van der Waals surface area contributed by atoms with Crippen LogP contribution in [0.5, 0.6) is 0 Å². The van der Waals surface area contributed by atoms with E-state index in [9.17, 15) is 9.59 Å². The van der Waals surface area contributed by atoms with Crippen LogP contribution in [-0.4, -0.2) is 11.6 Å². The van der Waals surface area contributed by atoms with Gasteiger partial charge in [-0.15, -0.1) is 0 Å². The van der Waals surface area contributed by atoms with Gasteiger partial charge in [0.05, 0.1) is 0 Å². The SMILES string of the molecule is CC(=O)[CH-]C(C)=O.[Th]. The van der Waals surface area contributed by atoms with E-state index >= 15 is 0 Å². The van der Waals surface area contributed by atoms with Gasteiger partial charge in [0.1, 0.15) is 0 Å². The van der Waals surface area contributed by atoms with E-state index < -0.39 is 0 Å². The van der Waals surface area contributed by atoms with Crippen LogP contribution in [0, 0.1) is 46.4 Å². The van der Waals surface area contributed by atoms with Gasteiger partial charge < -0.3 is 9.59 Å². The van der Waals surface area contributed by atoms with Gasteiger partial charge in [0, 0.05) is 51.5 Å².